The lowest BCUT2D eigenvalue weighted by atomic mass is 10.1. The highest BCUT2D eigenvalue weighted by atomic mass is 32.1. The van der Waals surface area contributed by atoms with Crippen molar-refractivity contribution < 1.29 is 4.74 Å². The van der Waals surface area contributed by atoms with Crippen LogP contribution < -0.4 is 5.69 Å². The second-order valence-electron chi connectivity index (χ2n) is 5.63. The third-order valence-corrected chi connectivity index (χ3v) is 4.02. The zero-order valence-corrected chi connectivity index (χ0v) is 14.1. The third-order valence-electron chi connectivity index (χ3n) is 3.79. The first-order valence-corrected chi connectivity index (χ1v) is 8.41. The molecular weight excluding hydrogens is 284 g/mol. The van der Waals surface area contributed by atoms with E-state index in [1.165, 1.54) is 6.42 Å². The lowest BCUT2D eigenvalue weighted by Crippen LogP contribution is -2.22. The van der Waals surface area contributed by atoms with Crippen LogP contribution in [-0.2, 0) is 11.3 Å². The van der Waals surface area contributed by atoms with Crippen LogP contribution in [0.2, 0.25) is 0 Å². The maximum absolute atomic E-state index is 11.6. The molecule has 0 saturated heterocycles. The van der Waals surface area contributed by atoms with E-state index in [4.69, 9.17) is 17.0 Å². The molecule has 0 aliphatic rings. The lowest BCUT2D eigenvalue weighted by Gasteiger charge is -2.09. The van der Waals surface area contributed by atoms with Gasteiger partial charge in [0.25, 0.3) is 0 Å². The molecule has 0 amide bonds. The SMILES string of the molecule is CCC(C)CCOCCCCCCn1ccc(=S)[nH]c1=O. The van der Waals surface area contributed by atoms with E-state index in [9.17, 15) is 4.79 Å². The highest BCUT2D eigenvalue weighted by molar-refractivity contribution is 7.71. The molecule has 0 spiro atoms. The Bertz CT molecular complexity index is 496. The van der Waals surface area contributed by atoms with Crippen LogP contribution >= 0.6 is 12.2 Å². The summed E-state index contributed by atoms with van der Waals surface area (Å²) in [6, 6.07) is 1.75. The molecule has 1 rings (SSSR count). The van der Waals surface area contributed by atoms with Gasteiger partial charge < -0.3 is 9.30 Å². The Morgan fingerprint density at radius 2 is 2.05 bits per heavy atom. The van der Waals surface area contributed by atoms with Crippen LogP contribution in [0.3, 0.4) is 0 Å². The van der Waals surface area contributed by atoms with Crippen molar-refractivity contribution >= 4 is 12.2 Å². The van der Waals surface area contributed by atoms with Crippen molar-refractivity contribution in [2.45, 2.75) is 58.9 Å². The smallest absolute Gasteiger partial charge is 0.326 e. The molecule has 1 aromatic rings. The van der Waals surface area contributed by atoms with Crippen molar-refractivity contribution in [3.63, 3.8) is 0 Å². The van der Waals surface area contributed by atoms with E-state index in [2.05, 4.69) is 18.8 Å². The Kier molecular flexibility index (Phi) is 9.26. The second kappa shape index (κ2) is 10.7. The molecular formula is C16H28N2O2S. The van der Waals surface area contributed by atoms with Gasteiger partial charge in [-0.15, -0.1) is 0 Å². The van der Waals surface area contributed by atoms with Gasteiger partial charge in [-0.3, -0.25) is 4.98 Å². The number of aromatic nitrogens is 2. The summed E-state index contributed by atoms with van der Waals surface area (Å²) in [6.07, 6.45) is 8.54. The van der Waals surface area contributed by atoms with Gasteiger partial charge in [0.15, 0.2) is 0 Å². The van der Waals surface area contributed by atoms with Gasteiger partial charge in [-0.25, -0.2) is 4.79 Å². The van der Waals surface area contributed by atoms with Crippen molar-refractivity contribution in [3.8, 4) is 0 Å². The molecule has 0 aliphatic heterocycles. The first kappa shape index (κ1) is 18.1. The molecule has 1 atom stereocenters. The van der Waals surface area contributed by atoms with E-state index >= 15 is 0 Å². The molecule has 0 saturated carbocycles. The number of nitrogens with zero attached hydrogens (tertiary/aromatic N) is 1. The normalized spacial score (nSPS) is 12.5. The fourth-order valence-electron chi connectivity index (χ4n) is 2.05. The quantitative estimate of drug-likeness (QED) is 0.497. The van der Waals surface area contributed by atoms with Gasteiger partial charge in [-0.2, -0.15) is 0 Å². The average molecular weight is 312 g/mol. The molecule has 5 heteroatoms. The Balaban J connectivity index is 2.00. The first-order chi connectivity index (χ1) is 10.1. The highest BCUT2D eigenvalue weighted by Crippen LogP contribution is 2.07. The maximum atomic E-state index is 11.6. The molecule has 21 heavy (non-hydrogen) atoms. The molecule has 0 bridgehead atoms. The van der Waals surface area contributed by atoms with Crippen molar-refractivity contribution in [2.75, 3.05) is 13.2 Å². The molecule has 0 aromatic carbocycles. The van der Waals surface area contributed by atoms with Crippen molar-refractivity contribution in [2.24, 2.45) is 5.92 Å². The van der Waals surface area contributed by atoms with Gasteiger partial charge in [0, 0.05) is 26.0 Å². The lowest BCUT2D eigenvalue weighted by molar-refractivity contribution is 0.117. The number of unbranched alkanes of at least 4 members (excludes halogenated alkanes) is 3. The van der Waals surface area contributed by atoms with E-state index < -0.39 is 0 Å². The second-order valence-corrected chi connectivity index (χ2v) is 6.07. The molecule has 0 radical (unpaired) electrons. The molecule has 1 unspecified atom stereocenters. The van der Waals surface area contributed by atoms with Gasteiger partial charge >= 0.3 is 5.69 Å². The number of aryl methyl sites for hydroxylation is 1. The minimum atomic E-state index is -0.115. The first-order valence-electron chi connectivity index (χ1n) is 8.01. The zero-order chi connectivity index (χ0) is 15.5. The molecule has 0 aliphatic carbocycles. The summed E-state index contributed by atoms with van der Waals surface area (Å²) in [7, 11) is 0. The number of ether oxygens (including phenoxy) is 1. The van der Waals surface area contributed by atoms with Crippen LogP contribution in [0.4, 0.5) is 0 Å². The van der Waals surface area contributed by atoms with Gasteiger partial charge in [0.2, 0.25) is 0 Å². The monoisotopic (exact) mass is 312 g/mol. The minimum absolute atomic E-state index is 0.115. The summed E-state index contributed by atoms with van der Waals surface area (Å²) in [5.41, 5.74) is -0.115. The van der Waals surface area contributed by atoms with E-state index in [0.717, 1.165) is 57.8 Å². The number of hydrogen-bond donors (Lipinski definition) is 1. The average Bonchev–Trinajstić information content (AvgIpc) is 2.47. The van der Waals surface area contributed by atoms with Crippen LogP contribution in [0.5, 0.6) is 0 Å². The fourth-order valence-corrected chi connectivity index (χ4v) is 2.20. The van der Waals surface area contributed by atoms with Crippen LogP contribution in [0.15, 0.2) is 17.1 Å². The number of hydrogen-bond acceptors (Lipinski definition) is 3. The van der Waals surface area contributed by atoms with Crippen LogP contribution in [0.25, 0.3) is 0 Å². The Morgan fingerprint density at radius 3 is 2.76 bits per heavy atom. The van der Waals surface area contributed by atoms with E-state index in [1.54, 1.807) is 16.8 Å². The van der Waals surface area contributed by atoms with Gasteiger partial charge in [0.05, 0.1) is 0 Å². The molecule has 1 N–H and O–H groups in total. The Labute approximate surface area is 132 Å². The fraction of sp³-hybridized carbons (Fsp3) is 0.750. The third kappa shape index (κ3) is 8.17. The molecule has 1 aromatic heterocycles. The standard InChI is InChI=1S/C16H28N2O2S/c1-3-14(2)9-13-20-12-7-5-4-6-10-18-11-8-15(21)17-16(18)19/h8,11,14H,3-7,9-10,12-13H2,1-2H3,(H,17,19,21). The van der Waals surface area contributed by atoms with E-state index in [0.29, 0.717) is 4.64 Å². The Hall–Kier alpha value is -0.940. The topological polar surface area (TPSA) is 47.0 Å². The van der Waals surface area contributed by atoms with Crippen LogP contribution in [0, 0.1) is 10.6 Å². The predicted molar refractivity (Wildman–Crippen MR) is 89.2 cm³/mol. The predicted octanol–water partition coefficient (Wildman–Crippen LogP) is 3.92. The van der Waals surface area contributed by atoms with Crippen LogP contribution in [-0.4, -0.2) is 22.8 Å². The summed E-state index contributed by atoms with van der Waals surface area (Å²) in [5, 5.41) is 0. The number of H-pyrrole nitrogens is 1. The molecule has 120 valence electrons. The number of nitrogens with one attached hydrogen (secondary N) is 1. The summed E-state index contributed by atoms with van der Waals surface area (Å²) in [5.74, 6) is 0.765. The zero-order valence-electron chi connectivity index (χ0n) is 13.3. The molecule has 4 nitrogen and oxygen atoms in total. The number of aromatic amines is 1. The largest absolute Gasteiger partial charge is 0.381 e. The van der Waals surface area contributed by atoms with E-state index in [-0.39, 0.29) is 5.69 Å². The van der Waals surface area contributed by atoms with Crippen LogP contribution in [0.1, 0.15) is 52.4 Å². The summed E-state index contributed by atoms with van der Waals surface area (Å²) < 4.78 is 7.80. The van der Waals surface area contributed by atoms with Crippen molar-refractivity contribution in [1.29, 1.82) is 0 Å². The number of rotatable bonds is 11. The van der Waals surface area contributed by atoms with Gasteiger partial charge in [-0.1, -0.05) is 45.3 Å². The highest BCUT2D eigenvalue weighted by Gasteiger charge is 1.98. The van der Waals surface area contributed by atoms with Crippen molar-refractivity contribution in [3.05, 3.63) is 27.4 Å². The Morgan fingerprint density at radius 1 is 1.29 bits per heavy atom. The molecule has 0 fully saturated rings. The summed E-state index contributed by atoms with van der Waals surface area (Å²) in [4.78, 5) is 14.2. The maximum Gasteiger partial charge on any atom is 0.326 e. The van der Waals surface area contributed by atoms with Crippen molar-refractivity contribution in [1.82, 2.24) is 9.55 Å². The summed E-state index contributed by atoms with van der Waals surface area (Å²) in [6.45, 7) is 6.97. The molecule has 1 heterocycles. The summed E-state index contributed by atoms with van der Waals surface area (Å²) >= 11 is 4.90. The van der Waals surface area contributed by atoms with E-state index in [1.807, 2.05) is 0 Å². The van der Waals surface area contributed by atoms with Gasteiger partial charge in [-0.05, 0) is 31.2 Å². The van der Waals surface area contributed by atoms with Gasteiger partial charge in [0.1, 0.15) is 4.64 Å². The minimum Gasteiger partial charge on any atom is -0.381 e.